The number of nitrogens with one attached hydrogen (secondary N) is 4. The topological polar surface area (TPSA) is 134 Å². The number of carbonyl (C=O) groups excluding carboxylic acids is 2. The molecular weight excluding hydrogens is 753 g/mol. The van der Waals surface area contributed by atoms with Crippen molar-refractivity contribution >= 4 is 93.3 Å². The number of hydrogen-bond donors (Lipinski definition) is 4. The summed E-state index contributed by atoms with van der Waals surface area (Å²) >= 11 is 6.19. The molecule has 0 aliphatic carbocycles. The Morgan fingerprint density at radius 1 is 0.587 bits per heavy atom. The third-order valence-electron chi connectivity index (χ3n) is 5.23. The van der Waals surface area contributed by atoms with E-state index in [2.05, 4.69) is 18.7 Å². The van der Waals surface area contributed by atoms with E-state index >= 15 is 0 Å². The van der Waals surface area contributed by atoms with Gasteiger partial charge < -0.3 is 0 Å². The van der Waals surface area contributed by atoms with Gasteiger partial charge in [-0.3, -0.25) is 31.3 Å². The lowest BCUT2D eigenvalue weighted by Crippen LogP contribution is -2.32. The van der Waals surface area contributed by atoms with Crippen molar-refractivity contribution in [1.82, 2.24) is 29.6 Å². The van der Waals surface area contributed by atoms with Crippen LogP contribution in [0.4, 0.5) is 46.5 Å². The van der Waals surface area contributed by atoms with Gasteiger partial charge in [0.1, 0.15) is 11.4 Å². The first-order chi connectivity index (χ1) is 21.9. The first kappa shape index (κ1) is 35.8. The van der Waals surface area contributed by atoms with Crippen LogP contribution in [0.5, 0.6) is 0 Å². The van der Waals surface area contributed by atoms with E-state index in [1.54, 1.807) is 34.2 Å². The minimum absolute atomic E-state index is 0.374. The van der Waals surface area contributed by atoms with Crippen LogP contribution in [-0.4, -0.2) is 54.5 Å². The first-order valence-corrected chi connectivity index (χ1v) is 17.7. The Morgan fingerprint density at radius 3 is 1.20 bits per heavy atom. The number of amides is 2. The monoisotopic (exact) mass is 766 g/mol. The van der Waals surface area contributed by atoms with Crippen LogP contribution in [0.2, 0.25) is 0 Å². The molecule has 2 aromatic heterocycles. The number of nitrogens with zero attached hydrogens (tertiary/aromatic N) is 4. The summed E-state index contributed by atoms with van der Waals surface area (Å²) in [6.07, 6.45) is 3.44. The van der Waals surface area contributed by atoms with Gasteiger partial charge in [0.2, 0.25) is 22.1 Å². The van der Waals surface area contributed by atoms with E-state index in [1.165, 1.54) is 23.5 Å². The molecule has 0 fully saturated rings. The Bertz CT molecular complexity index is 1610. The van der Waals surface area contributed by atoms with Gasteiger partial charge in [-0.25, -0.2) is 45.1 Å². The number of rotatable bonds is 13. The molecule has 24 heteroatoms. The van der Waals surface area contributed by atoms with Crippen molar-refractivity contribution in [3.63, 3.8) is 0 Å². The highest BCUT2D eigenvalue weighted by Gasteiger charge is 2.34. The van der Waals surface area contributed by atoms with Crippen LogP contribution in [0.3, 0.4) is 0 Å². The predicted molar refractivity (Wildman–Crippen MR) is 160 cm³/mol. The highest BCUT2D eigenvalue weighted by atomic mass is 32.2. The Morgan fingerprint density at radius 2 is 0.913 bits per heavy atom. The molecule has 46 heavy (non-hydrogen) atoms. The van der Waals surface area contributed by atoms with Crippen LogP contribution >= 0.6 is 70.1 Å². The third kappa shape index (κ3) is 7.90. The number of hydrazine groups is 2. The van der Waals surface area contributed by atoms with Gasteiger partial charge in [0, 0.05) is 0 Å². The summed E-state index contributed by atoms with van der Waals surface area (Å²) in [7, 11) is 0. The molecule has 0 unspecified atom stereocenters. The molecule has 4 aromatic rings. The summed E-state index contributed by atoms with van der Waals surface area (Å²) in [5.74, 6) is -21.6. The van der Waals surface area contributed by atoms with Gasteiger partial charge in [-0.2, -0.15) is 8.75 Å². The summed E-state index contributed by atoms with van der Waals surface area (Å²) in [6, 6.07) is 0. The Labute approximate surface area is 278 Å². The lowest BCUT2D eigenvalue weighted by Gasteiger charge is -2.17. The van der Waals surface area contributed by atoms with E-state index < -0.39 is 80.9 Å². The van der Waals surface area contributed by atoms with Crippen molar-refractivity contribution in [3.05, 3.63) is 46.5 Å². The molecular formula is C22H14F8N8O2S6. The van der Waals surface area contributed by atoms with Crippen molar-refractivity contribution in [2.45, 2.75) is 19.0 Å². The van der Waals surface area contributed by atoms with Crippen molar-refractivity contribution in [2.75, 3.05) is 34.9 Å². The van der Waals surface area contributed by atoms with Crippen LogP contribution in [0, 0.1) is 46.5 Å². The second-order valence-corrected chi connectivity index (χ2v) is 13.5. The fourth-order valence-electron chi connectivity index (χ4n) is 3.19. The standard InChI is InChI=1S/C22H14F8N8O2S6/c1-41-19-31-21(45-37-19)43-3-5(39)33-35-17-13(27)9(23)7(10(24)14(17)28)8-11(25)15(29)18(16(30)12(8)26)36-34-6(40)4-44-22-32-20(42-2)38-46-22/h35-36H,3-4H2,1-2H3,(H,33,39)(H,34,40). The van der Waals surface area contributed by atoms with Crippen LogP contribution in [0.15, 0.2) is 19.0 Å². The maximum absolute atomic E-state index is 14.9. The zero-order valence-corrected chi connectivity index (χ0v) is 27.4. The molecule has 10 nitrogen and oxygen atoms in total. The molecule has 2 heterocycles. The number of thioether (sulfide) groups is 4. The van der Waals surface area contributed by atoms with Gasteiger partial charge >= 0.3 is 0 Å². The van der Waals surface area contributed by atoms with Gasteiger partial charge in [-0.15, -0.1) is 0 Å². The zero-order chi connectivity index (χ0) is 33.7. The average Bonchev–Trinajstić information content (AvgIpc) is 3.72. The normalized spacial score (nSPS) is 11.1. The molecule has 0 radical (unpaired) electrons. The number of aromatic nitrogens is 4. The molecule has 2 amide bonds. The Balaban J connectivity index is 1.50. The lowest BCUT2D eigenvalue weighted by molar-refractivity contribution is -0.118. The molecule has 2 aromatic carbocycles. The molecule has 4 N–H and O–H groups in total. The second kappa shape index (κ2) is 15.7. The van der Waals surface area contributed by atoms with Gasteiger partial charge in [-0.05, 0) is 35.6 Å². The molecule has 0 aliphatic rings. The van der Waals surface area contributed by atoms with Gasteiger partial charge in [0.25, 0.3) is 0 Å². The van der Waals surface area contributed by atoms with Crippen molar-refractivity contribution in [1.29, 1.82) is 0 Å². The smallest absolute Gasteiger partial charge is 0.248 e. The zero-order valence-electron chi connectivity index (χ0n) is 22.5. The van der Waals surface area contributed by atoms with E-state index in [4.69, 9.17) is 0 Å². The Kier molecular flexibility index (Phi) is 12.2. The second-order valence-electron chi connectivity index (χ2n) is 8.03. The Hall–Kier alpha value is -3.06. The molecule has 0 spiro atoms. The number of hydrogen-bond acceptors (Lipinski definition) is 14. The maximum Gasteiger partial charge on any atom is 0.248 e. The molecule has 0 saturated carbocycles. The quantitative estimate of drug-likeness (QED) is 0.0544. The molecule has 0 aliphatic heterocycles. The van der Waals surface area contributed by atoms with Gasteiger partial charge in [0.05, 0.1) is 22.6 Å². The van der Waals surface area contributed by atoms with Gasteiger partial charge in [-0.1, -0.05) is 47.0 Å². The summed E-state index contributed by atoms with van der Waals surface area (Å²) in [5, 5.41) is 0.874. The predicted octanol–water partition coefficient (Wildman–Crippen LogP) is 6.08. The number of halogens is 8. The van der Waals surface area contributed by atoms with E-state index in [9.17, 15) is 44.7 Å². The minimum atomic E-state index is -2.45. The van der Waals surface area contributed by atoms with E-state index in [0.717, 1.165) is 46.6 Å². The molecule has 0 saturated heterocycles. The van der Waals surface area contributed by atoms with E-state index in [-0.39, 0.29) is 11.5 Å². The maximum atomic E-state index is 14.9. The van der Waals surface area contributed by atoms with Crippen molar-refractivity contribution in [2.24, 2.45) is 0 Å². The van der Waals surface area contributed by atoms with Crippen LogP contribution in [0.25, 0.3) is 11.1 Å². The highest BCUT2D eigenvalue weighted by molar-refractivity contribution is 8.02. The minimum Gasteiger partial charge on any atom is -0.293 e. The summed E-state index contributed by atoms with van der Waals surface area (Å²) in [4.78, 5) is 32.2. The third-order valence-corrected chi connectivity index (χ3v) is 10.2. The fraction of sp³-hybridized carbons (Fsp3) is 0.182. The summed E-state index contributed by atoms with van der Waals surface area (Å²) < 4.78 is 128. The van der Waals surface area contributed by atoms with Crippen molar-refractivity contribution < 1.29 is 44.7 Å². The molecule has 246 valence electrons. The van der Waals surface area contributed by atoms with E-state index in [1.807, 2.05) is 0 Å². The largest absolute Gasteiger partial charge is 0.293 e. The van der Waals surface area contributed by atoms with Crippen LogP contribution < -0.4 is 21.7 Å². The fourth-order valence-corrected chi connectivity index (χ4v) is 7.21. The average molecular weight is 767 g/mol. The summed E-state index contributed by atoms with van der Waals surface area (Å²) in [6.45, 7) is 0. The lowest BCUT2D eigenvalue weighted by atomic mass is 10.00. The van der Waals surface area contributed by atoms with Gasteiger partial charge in [0.15, 0.2) is 55.2 Å². The number of benzene rings is 2. The number of anilines is 2. The highest BCUT2D eigenvalue weighted by Crippen LogP contribution is 2.40. The van der Waals surface area contributed by atoms with E-state index in [0.29, 0.717) is 19.0 Å². The number of carbonyl (C=O) groups is 2. The first-order valence-electron chi connectivity index (χ1n) is 11.7. The van der Waals surface area contributed by atoms with Crippen LogP contribution in [0.1, 0.15) is 0 Å². The molecule has 0 bridgehead atoms. The van der Waals surface area contributed by atoms with Crippen LogP contribution in [-0.2, 0) is 9.59 Å². The summed E-state index contributed by atoms with van der Waals surface area (Å²) in [5.41, 5.74) is -0.630. The van der Waals surface area contributed by atoms with Crippen molar-refractivity contribution in [3.8, 4) is 11.1 Å². The molecule has 4 rings (SSSR count). The molecule has 0 atom stereocenters. The SMILES string of the molecule is CSc1nsc(SCC(=O)NNc2c(F)c(F)c(-c3c(F)c(F)c(NNC(=O)CSc4nc(SC)ns4)c(F)c3F)c(F)c2F)n1.